The first-order valence-corrected chi connectivity index (χ1v) is 8.64. The van der Waals surface area contributed by atoms with Gasteiger partial charge in [0.1, 0.15) is 17.2 Å². The summed E-state index contributed by atoms with van der Waals surface area (Å²) < 4.78 is 48.1. The molecule has 0 bridgehead atoms. The minimum Gasteiger partial charge on any atom is -0.462 e. The third-order valence-electron chi connectivity index (χ3n) is 3.98. The van der Waals surface area contributed by atoms with Gasteiger partial charge in [-0.05, 0) is 24.6 Å². The number of benzene rings is 2. The Bertz CT molecular complexity index is 1050. The van der Waals surface area contributed by atoms with Crippen molar-refractivity contribution in [2.45, 2.75) is 13.5 Å². The van der Waals surface area contributed by atoms with Gasteiger partial charge in [0.15, 0.2) is 5.82 Å². The summed E-state index contributed by atoms with van der Waals surface area (Å²) in [6.45, 7) is 1.60. The highest BCUT2D eigenvalue weighted by molar-refractivity contribution is 6.04. The molecule has 1 N–H and O–H groups in total. The Morgan fingerprint density at radius 2 is 1.83 bits per heavy atom. The molecule has 0 saturated carbocycles. The average Bonchev–Trinajstić information content (AvgIpc) is 3.06. The maximum absolute atomic E-state index is 14.6. The number of esters is 1. The highest BCUT2D eigenvalue weighted by Gasteiger charge is 2.23. The van der Waals surface area contributed by atoms with Crippen LogP contribution in [0.2, 0.25) is 0 Å². The number of hydrogen-bond donors (Lipinski definition) is 1. The van der Waals surface area contributed by atoms with Gasteiger partial charge < -0.3 is 10.1 Å². The summed E-state index contributed by atoms with van der Waals surface area (Å²) in [5, 5.41) is 5.66. The number of carbonyl (C=O) groups excluding carboxylic acids is 2. The Labute approximate surface area is 163 Å². The normalized spacial score (nSPS) is 10.6. The number of carbonyl (C=O) groups is 2. The molecular formula is C20H16F3N3O3. The van der Waals surface area contributed by atoms with Gasteiger partial charge in [0.2, 0.25) is 5.95 Å². The van der Waals surface area contributed by atoms with Crippen LogP contribution in [0.15, 0.2) is 48.5 Å². The molecule has 0 saturated heterocycles. The molecule has 0 unspecified atom stereocenters. The van der Waals surface area contributed by atoms with Crippen molar-refractivity contribution >= 4 is 17.6 Å². The molecule has 0 radical (unpaired) electrons. The molecule has 0 aliphatic carbocycles. The van der Waals surface area contributed by atoms with E-state index in [1.807, 2.05) is 5.32 Å². The van der Waals surface area contributed by atoms with Gasteiger partial charge >= 0.3 is 5.97 Å². The zero-order valence-electron chi connectivity index (χ0n) is 15.3. The fraction of sp³-hybridized carbons (Fsp3) is 0.150. The molecule has 0 aliphatic rings. The maximum atomic E-state index is 14.6. The minimum absolute atomic E-state index is 0.00467. The SMILES string of the molecule is CCOC(=O)c1ccc(F)c(NC(=O)c2cc(F)nn2Cc2ccccc2)c1F. The number of nitrogens with zero attached hydrogens (tertiary/aromatic N) is 2. The van der Waals surface area contributed by atoms with E-state index in [2.05, 4.69) is 5.10 Å². The first-order valence-electron chi connectivity index (χ1n) is 8.64. The topological polar surface area (TPSA) is 73.2 Å². The Kier molecular flexibility index (Phi) is 5.96. The fourth-order valence-electron chi connectivity index (χ4n) is 2.66. The van der Waals surface area contributed by atoms with Crippen LogP contribution in [0.25, 0.3) is 0 Å². The van der Waals surface area contributed by atoms with E-state index in [-0.39, 0.29) is 18.8 Å². The quantitative estimate of drug-likeness (QED) is 0.636. The lowest BCUT2D eigenvalue weighted by molar-refractivity contribution is 0.0520. The molecule has 9 heteroatoms. The molecule has 1 aromatic heterocycles. The second kappa shape index (κ2) is 8.59. The van der Waals surface area contributed by atoms with E-state index in [1.165, 1.54) is 6.92 Å². The number of ether oxygens (including phenoxy) is 1. The molecule has 1 heterocycles. The molecule has 0 fully saturated rings. The van der Waals surface area contributed by atoms with Gasteiger partial charge in [-0.25, -0.2) is 13.6 Å². The van der Waals surface area contributed by atoms with Crippen LogP contribution in [0.5, 0.6) is 0 Å². The monoisotopic (exact) mass is 403 g/mol. The lowest BCUT2D eigenvalue weighted by atomic mass is 10.1. The minimum atomic E-state index is -1.29. The Morgan fingerprint density at radius 3 is 2.52 bits per heavy atom. The van der Waals surface area contributed by atoms with E-state index >= 15 is 0 Å². The molecule has 2 aromatic carbocycles. The van der Waals surface area contributed by atoms with Crippen molar-refractivity contribution in [3.05, 3.63) is 82.9 Å². The van der Waals surface area contributed by atoms with Crippen LogP contribution in [-0.2, 0) is 11.3 Å². The van der Waals surface area contributed by atoms with Crippen LogP contribution in [0.1, 0.15) is 33.3 Å². The molecule has 6 nitrogen and oxygen atoms in total. The van der Waals surface area contributed by atoms with Gasteiger partial charge in [0, 0.05) is 6.07 Å². The van der Waals surface area contributed by atoms with Crippen LogP contribution >= 0.6 is 0 Å². The van der Waals surface area contributed by atoms with Crippen molar-refractivity contribution in [1.29, 1.82) is 0 Å². The van der Waals surface area contributed by atoms with Crippen molar-refractivity contribution in [2.24, 2.45) is 0 Å². The second-order valence-electron chi connectivity index (χ2n) is 5.95. The van der Waals surface area contributed by atoms with E-state index in [0.29, 0.717) is 0 Å². The molecule has 0 spiro atoms. The standard InChI is InChI=1S/C20H16F3N3O3/c1-2-29-20(28)13-8-9-14(21)18(17(13)23)24-19(27)15-10-16(22)25-26(15)11-12-6-4-3-5-7-12/h3-10H,2,11H2,1H3,(H,24,27). The average molecular weight is 403 g/mol. The molecule has 0 atom stereocenters. The van der Waals surface area contributed by atoms with Crippen LogP contribution < -0.4 is 5.32 Å². The van der Waals surface area contributed by atoms with Crippen LogP contribution in [0.4, 0.5) is 18.9 Å². The molecule has 150 valence electrons. The van der Waals surface area contributed by atoms with E-state index < -0.39 is 40.7 Å². The number of rotatable bonds is 6. The Hall–Kier alpha value is -3.62. The van der Waals surface area contributed by atoms with Crippen molar-refractivity contribution in [3.63, 3.8) is 0 Å². The smallest absolute Gasteiger partial charge is 0.341 e. The summed E-state index contributed by atoms with van der Waals surface area (Å²) in [7, 11) is 0. The summed E-state index contributed by atoms with van der Waals surface area (Å²) in [5.41, 5.74) is -0.876. The molecular weight excluding hydrogens is 387 g/mol. The van der Waals surface area contributed by atoms with Gasteiger partial charge in [0.25, 0.3) is 5.91 Å². The van der Waals surface area contributed by atoms with Crippen molar-refractivity contribution in [3.8, 4) is 0 Å². The van der Waals surface area contributed by atoms with Crippen molar-refractivity contribution in [1.82, 2.24) is 9.78 Å². The summed E-state index contributed by atoms with van der Waals surface area (Å²) in [6, 6.07) is 11.4. The highest BCUT2D eigenvalue weighted by atomic mass is 19.1. The lowest BCUT2D eigenvalue weighted by Crippen LogP contribution is -2.20. The summed E-state index contributed by atoms with van der Waals surface area (Å²) in [4.78, 5) is 24.3. The molecule has 1 amide bonds. The Balaban J connectivity index is 1.90. The summed E-state index contributed by atoms with van der Waals surface area (Å²) >= 11 is 0. The van der Waals surface area contributed by atoms with Crippen LogP contribution in [-0.4, -0.2) is 28.3 Å². The molecule has 0 aliphatic heterocycles. The van der Waals surface area contributed by atoms with Crippen molar-refractivity contribution in [2.75, 3.05) is 11.9 Å². The van der Waals surface area contributed by atoms with Gasteiger partial charge in [-0.2, -0.15) is 4.39 Å². The second-order valence-corrected chi connectivity index (χ2v) is 5.95. The third-order valence-corrected chi connectivity index (χ3v) is 3.98. The van der Waals surface area contributed by atoms with Gasteiger partial charge in [-0.1, -0.05) is 30.3 Å². The fourth-order valence-corrected chi connectivity index (χ4v) is 2.66. The third kappa shape index (κ3) is 4.45. The van der Waals surface area contributed by atoms with E-state index in [9.17, 15) is 22.8 Å². The van der Waals surface area contributed by atoms with Crippen LogP contribution in [0.3, 0.4) is 0 Å². The number of amides is 1. The molecule has 3 aromatic rings. The van der Waals surface area contributed by atoms with E-state index in [4.69, 9.17) is 4.74 Å². The molecule has 29 heavy (non-hydrogen) atoms. The van der Waals surface area contributed by atoms with Crippen LogP contribution in [0, 0.1) is 17.6 Å². The number of halogens is 3. The largest absolute Gasteiger partial charge is 0.462 e. The number of anilines is 1. The zero-order chi connectivity index (χ0) is 21.0. The van der Waals surface area contributed by atoms with Gasteiger partial charge in [-0.15, -0.1) is 5.10 Å². The number of nitrogens with one attached hydrogen (secondary N) is 1. The van der Waals surface area contributed by atoms with E-state index in [1.54, 1.807) is 30.3 Å². The predicted molar refractivity (Wildman–Crippen MR) is 98.0 cm³/mol. The lowest BCUT2D eigenvalue weighted by Gasteiger charge is -2.12. The maximum Gasteiger partial charge on any atom is 0.341 e. The first-order chi connectivity index (χ1) is 13.9. The predicted octanol–water partition coefficient (Wildman–Crippen LogP) is 3.78. The Morgan fingerprint density at radius 1 is 1.10 bits per heavy atom. The van der Waals surface area contributed by atoms with Gasteiger partial charge in [0.05, 0.1) is 18.7 Å². The van der Waals surface area contributed by atoms with Gasteiger partial charge in [-0.3, -0.25) is 9.48 Å². The summed E-state index contributed by atoms with van der Waals surface area (Å²) in [5.74, 6) is -5.30. The first kappa shape index (κ1) is 20.1. The zero-order valence-corrected chi connectivity index (χ0v) is 15.3. The number of hydrogen-bond acceptors (Lipinski definition) is 4. The number of aromatic nitrogens is 2. The summed E-state index contributed by atoms with van der Waals surface area (Å²) in [6.07, 6.45) is 0. The van der Waals surface area contributed by atoms with E-state index in [0.717, 1.165) is 28.4 Å². The highest BCUT2D eigenvalue weighted by Crippen LogP contribution is 2.24. The molecule has 3 rings (SSSR count). The van der Waals surface area contributed by atoms with Crippen molar-refractivity contribution < 1.29 is 27.5 Å².